The van der Waals surface area contributed by atoms with Gasteiger partial charge >= 0.3 is 0 Å². The van der Waals surface area contributed by atoms with Crippen molar-refractivity contribution in [2.24, 2.45) is 0 Å². The second-order valence-electron chi connectivity index (χ2n) is 5.38. The molecule has 2 aromatic rings. The third-order valence-electron chi connectivity index (χ3n) is 3.90. The molecule has 1 aromatic heterocycles. The van der Waals surface area contributed by atoms with E-state index in [0.29, 0.717) is 6.10 Å². The van der Waals surface area contributed by atoms with Crippen molar-refractivity contribution >= 4 is 16.6 Å². The Labute approximate surface area is 119 Å². The van der Waals surface area contributed by atoms with Crippen LogP contribution in [0.15, 0.2) is 24.3 Å². The molecule has 3 rings (SSSR count). The van der Waals surface area contributed by atoms with Gasteiger partial charge in [-0.05, 0) is 32.6 Å². The van der Waals surface area contributed by atoms with Crippen molar-refractivity contribution in [2.75, 3.05) is 18.5 Å². The van der Waals surface area contributed by atoms with Crippen LogP contribution in [0.2, 0.25) is 0 Å². The number of hydrogen-bond acceptors (Lipinski definition) is 4. The maximum absolute atomic E-state index is 5.75. The number of nitrogens with zero attached hydrogens (tertiary/aromatic N) is 2. The zero-order chi connectivity index (χ0) is 13.8. The summed E-state index contributed by atoms with van der Waals surface area (Å²) in [6.07, 6.45) is 5.11. The van der Waals surface area contributed by atoms with Gasteiger partial charge in [0.05, 0.1) is 11.8 Å². The number of ether oxygens (including phenoxy) is 1. The Hall–Kier alpha value is -1.68. The van der Waals surface area contributed by atoms with E-state index >= 15 is 0 Å². The third-order valence-corrected chi connectivity index (χ3v) is 3.90. The summed E-state index contributed by atoms with van der Waals surface area (Å²) >= 11 is 0. The van der Waals surface area contributed by atoms with Crippen molar-refractivity contribution < 1.29 is 4.74 Å². The first-order valence-corrected chi connectivity index (χ1v) is 7.42. The predicted octanol–water partition coefficient (Wildman–Crippen LogP) is 3.31. The van der Waals surface area contributed by atoms with E-state index in [4.69, 9.17) is 4.74 Å². The molecule has 4 nitrogen and oxygen atoms in total. The monoisotopic (exact) mass is 271 g/mol. The van der Waals surface area contributed by atoms with Gasteiger partial charge in [-0.3, -0.25) is 0 Å². The van der Waals surface area contributed by atoms with Crippen LogP contribution in [0.25, 0.3) is 10.8 Å². The lowest BCUT2D eigenvalue weighted by atomic mass is 10.1. The lowest BCUT2D eigenvalue weighted by Gasteiger charge is -2.22. The molecule has 0 bridgehead atoms. The number of rotatable bonds is 4. The summed E-state index contributed by atoms with van der Waals surface area (Å²) < 4.78 is 5.75. The lowest BCUT2D eigenvalue weighted by molar-refractivity contribution is 0.0134. The maximum atomic E-state index is 5.75. The molecule has 1 saturated heterocycles. The number of fused-ring (bicyclic) bond motifs is 1. The van der Waals surface area contributed by atoms with E-state index in [0.717, 1.165) is 36.5 Å². The molecule has 1 N–H and O–H groups in total. The van der Waals surface area contributed by atoms with Gasteiger partial charge in [0.15, 0.2) is 5.82 Å². The molecule has 1 atom stereocenters. The van der Waals surface area contributed by atoms with E-state index in [9.17, 15) is 0 Å². The van der Waals surface area contributed by atoms with Crippen molar-refractivity contribution in [1.29, 1.82) is 0 Å². The van der Waals surface area contributed by atoms with Crippen LogP contribution in [0, 0.1) is 6.92 Å². The van der Waals surface area contributed by atoms with Crippen molar-refractivity contribution in [3.63, 3.8) is 0 Å². The van der Waals surface area contributed by atoms with Crippen molar-refractivity contribution in [3.8, 4) is 0 Å². The zero-order valence-corrected chi connectivity index (χ0v) is 11.9. The minimum Gasteiger partial charge on any atom is -0.378 e. The lowest BCUT2D eigenvalue weighted by Crippen LogP contribution is -2.22. The first-order chi connectivity index (χ1) is 9.84. The van der Waals surface area contributed by atoms with E-state index in [-0.39, 0.29) is 0 Å². The number of anilines is 1. The molecule has 0 radical (unpaired) electrons. The molecule has 1 fully saturated rings. The van der Waals surface area contributed by atoms with Gasteiger partial charge in [0.1, 0.15) is 0 Å². The van der Waals surface area contributed by atoms with Crippen molar-refractivity contribution in [3.05, 3.63) is 30.0 Å². The van der Waals surface area contributed by atoms with E-state index in [1.54, 1.807) is 0 Å². The first kappa shape index (κ1) is 13.3. The Bertz CT molecular complexity index is 579. The molecule has 1 aromatic carbocycles. The average Bonchev–Trinajstić information content (AvgIpc) is 2.51. The third kappa shape index (κ3) is 2.90. The summed E-state index contributed by atoms with van der Waals surface area (Å²) in [7, 11) is 0. The van der Waals surface area contributed by atoms with Gasteiger partial charge in [-0.25, -0.2) is 0 Å². The number of nitrogens with one attached hydrogen (secondary N) is 1. The summed E-state index contributed by atoms with van der Waals surface area (Å²) in [6.45, 7) is 3.79. The Morgan fingerprint density at radius 1 is 1.20 bits per heavy atom. The summed E-state index contributed by atoms with van der Waals surface area (Å²) in [6, 6.07) is 8.26. The molecule has 0 amide bonds. The standard InChI is InChI=1S/C16H21N3O/c1-12-14-7-2-3-8-15(14)16(19-18-12)17-10-9-13-6-4-5-11-20-13/h2-3,7-8,13H,4-6,9-11H2,1H3,(H,17,19). The summed E-state index contributed by atoms with van der Waals surface area (Å²) in [5.41, 5.74) is 0.974. The van der Waals surface area contributed by atoms with Gasteiger partial charge in [-0.1, -0.05) is 24.3 Å². The molecule has 1 unspecified atom stereocenters. The van der Waals surface area contributed by atoms with Crippen LogP contribution in [0.4, 0.5) is 5.82 Å². The molecule has 1 aliphatic heterocycles. The van der Waals surface area contributed by atoms with Crippen molar-refractivity contribution in [2.45, 2.75) is 38.7 Å². The Kier molecular flexibility index (Phi) is 4.11. The quantitative estimate of drug-likeness (QED) is 0.926. The van der Waals surface area contributed by atoms with Gasteiger partial charge in [-0.15, -0.1) is 5.10 Å². The molecular weight excluding hydrogens is 250 g/mol. The number of aromatic nitrogens is 2. The van der Waals surface area contributed by atoms with E-state index in [1.807, 2.05) is 19.1 Å². The van der Waals surface area contributed by atoms with E-state index < -0.39 is 0 Å². The van der Waals surface area contributed by atoms with Crippen LogP contribution in [0.1, 0.15) is 31.4 Å². The van der Waals surface area contributed by atoms with Crippen LogP contribution in [-0.2, 0) is 4.74 Å². The molecule has 4 heteroatoms. The van der Waals surface area contributed by atoms with E-state index in [2.05, 4.69) is 27.6 Å². The topological polar surface area (TPSA) is 47.0 Å². The first-order valence-electron chi connectivity index (χ1n) is 7.42. The molecule has 0 spiro atoms. The molecule has 1 aliphatic rings. The van der Waals surface area contributed by atoms with Crippen LogP contribution in [0.3, 0.4) is 0 Å². The summed E-state index contributed by atoms with van der Waals surface area (Å²) in [4.78, 5) is 0. The second-order valence-corrected chi connectivity index (χ2v) is 5.38. The highest BCUT2D eigenvalue weighted by atomic mass is 16.5. The van der Waals surface area contributed by atoms with Crippen LogP contribution in [0.5, 0.6) is 0 Å². The normalized spacial score (nSPS) is 19.1. The fourth-order valence-electron chi connectivity index (χ4n) is 2.76. The highest BCUT2D eigenvalue weighted by Crippen LogP contribution is 2.22. The van der Waals surface area contributed by atoms with Crippen LogP contribution >= 0.6 is 0 Å². The Morgan fingerprint density at radius 3 is 2.85 bits per heavy atom. The molecule has 2 heterocycles. The number of benzene rings is 1. The number of aryl methyl sites for hydroxylation is 1. The minimum absolute atomic E-state index is 0.404. The smallest absolute Gasteiger partial charge is 0.156 e. The van der Waals surface area contributed by atoms with Crippen LogP contribution < -0.4 is 5.32 Å². The molecular formula is C16H21N3O. The van der Waals surface area contributed by atoms with Gasteiger partial charge in [0, 0.05) is 23.9 Å². The van der Waals surface area contributed by atoms with Gasteiger partial charge in [0.25, 0.3) is 0 Å². The van der Waals surface area contributed by atoms with Crippen LogP contribution in [-0.4, -0.2) is 29.5 Å². The van der Waals surface area contributed by atoms with E-state index in [1.165, 1.54) is 24.6 Å². The SMILES string of the molecule is Cc1nnc(NCCC2CCCCO2)c2ccccc12. The molecule has 20 heavy (non-hydrogen) atoms. The van der Waals surface area contributed by atoms with Crippen molar-refractivity contribution in [1.82, 2.24) is 10.2 Å². The fraction of sp³-hybridized carbons (Fsp3) is 0.500. The molecule has 0 saturated carbocycles. The predicted molar refractivity (Wildman–Crippen MR) is 81.0 cm³/mol. The summed E-state index contributed by atoms with van der Waals surface area (Å²) in [5.74, 6) is 0.877. The Morgan fingerprint density at radius 2 is 2.05 bits per heavy atom. The zero-order valence-electron chi connectivity index (χ0n) is 11.9. The fourth-order valence-corrected chi connectivity index (χ4v) is 2.76. The molecule has 0 aliphatic carbocycles. The second kappa shape index (κ2) is 6.18. The summed E-state index contributed by atoms with van der Waals surface area (Å²) in [5, 5.41) is 14.2. The maximum Gasteiger partial charge on any atom is 0.156 e. The molecule has 106 valence electrons. The van der Waals surface area contributed by atoms with Gasteiger partial charge < -0.3 is 10.1 Å². The van der Waals surface area contributed by atoms with Gasteiger partial charge in [-0.2, -0.15) is 5.10 Å². The highest BCUT2D eigenvalue weighted by molar-refractivity contribution is 5.92. The number of hydrogen-bond donors (Lipinski definition) is 1. The van der Waals surface area contributed by atoms with Gasteiger partial charge in [0.2, 0.25) is 0 Å². The minimum atomic E-state index is 0.404. The largest absolute Gasteiger partial charge is 0.378 e. The average molecular weight is 271 g/mol. The highest BCUT2D eigenvalue weighted by Gasteiger charge is 2.13. The Balaban J connectivity index is 1.67.